The molecule has 0 N–H and O–H groups in total. The van der Waals surface area contributed by atoms with Gasteiger partial charge in [-0.25, -0.2) is 0 Å². The van der Waals surface area contributed by atoms with E-state index in [9.17, 15) is 4.79 Å². The van der Waals surface area contributed by atoms with Gasteiger partial charge in [0.25, 0.3) is 0 Å². The van der Waals surface area contributed by atoms with Crippen molar-refractivity contribution < 1.29 is 4.79 Å². The van der Waals surface area contributed by atoms with E-state index in [2.05, 4.69) is 42.4 Å². The fourth-order valence-electron chi connectivity index (χ4n) is 4.23. The van der Waals surface area contributed by atoms with E-state index < -0.39 is 0 Å². The van der Waals surface area contributed by atoms with Gasteiger partial charge in [0.2, 0.25) is 5.91 Å². The number of amides is 1. The summed E-state index contributed by atoms with van der Waals surface area (Å²) >= 11 is 0. The summed E-state index contributed by atoms with van der Waals surface area (Å²) in [5.41, 5.74) is 0.410. The molecule has 27 heavy (non-hydrogen) atoms. The van der Waals surface area contributed by atoms with Gasteiger partial charge in [0.15, 0.2) is 0 Å². The molecular formula is C23H47N3O. The van der Waals surface area contributed by atoms with E-state index in [1.165, 1.54) is 51.9 Å². The molecule has 2 fully saturated rings. The van der Waals surface area contributed by atoms with Gasteiger partial charge in [-0.05, 0) is 43.7 Å². The Morgan fingerprint density at radius 1 is 0.889 bits per heavy atom. The minimum Gasteiger partial charge on any atom is -0.340 e. The van der Waals surface area contributed by atoms with Crippen LogP contribution in [0.2, 0.25) is 0 Å². The second kappa shape index (κ2) is 12.8. The van der Waals surface area contributed by atoms with Gasteiger partial charge in [0.1, 0.15) is 0 Å². The molecule has 0 unspecified atom stereocenters. The Labute approximate surface area is 169 Å². The van der Waals surface area contributed by atoms with Crippen LogP contribution in [0, 0.1) is 11.3 Å². The van der Waals surface area contributed by atoms with E-state index in [-0.39, 0.29) is 0 Å². The third kappa shape index (κ3) is 9.94. The summed E-state index contributed by atoms with van der Waals surface area (Å²) in [7, 11) is 0. The van der Waals surface area contributed by atoms with Crippen molar-refractivity contribution >= 4 is 5.91 Å². The molecule has 1 amide bonds. The molecule has 0 aromatic heterocycles. The first-order valence-corrected chi connectivity index (χ1v) is 11.6. The Morgan fingerprint density at radius 3 is 2.00 bits per heavy atom. The number of likely N-dealkylation sites (tertiary alicyclic amines) is 1. The summed E-state index contributed by atoms with van der Waals surface area (Å²) in [5, 5.41) is 0. The van der Waals surface area contributed by atoms with Gasteiger partial charge in [-0.15, -0.1) is 0 Å². The fraction of sp³-hybridized carbons (Fsp3) is 0.957. The highest BCUT2D eigenvalue weighted by Gasteiger charge is 2.26. The van der Waals surface area contributed by atoms with E-state index in [0.717, 1.165) is 44.9 Å². The molecule has 0 saturated carbocycles. The summed E-state index contributed by atoms with van der Waals surface area (Å²) in [4.78, 5) is 19.6. The Hall–Kier alpha value is -0.610. The van der Waals surface area contributed by atoms with Crippen molar-refractivity contribution in [3.05, 3.63) is 0 Å². The van der Waals surface area contributed by atoms with E-state index in [0.29, 0.717) is 11.3 Å². The first-order valence-electron chi connectivity index (χ1n) is 11.6. The largest absolute Gasteiger partial charge is 0.340 e. The molecule has 2 saturated heterocycles. The molecule has 160 valence electrons. The summed E-state index contributed by atoms with van der Waals surface area (Å²) in [6.45, 7) is 22.2. The molecule has 0 aromatic carbocycles. The molecule has 0 bridgehead atoms. The number of carbonyl (C=O) groups is 1. The topological polar surface area (TPSA) is 26.8 Å². The highest BCUT2D eigenvalue weighted by Crippen LogP contribution is 2.23. The van der Waals surface area contributed by atoms with E-state index in [1.807, 2.05) is 13.8 Å². The predicted molar refractivity (Wildman–Crippen MR) is 117 cm³/mol. The van der Waals surface area contributed by atoms with E-state index >= 15 is 0 Å². The lowest BCUT2D eigenvalue weighted by Gasteiger charge is -2.40. The third-order valence-electron chi connectivity index (χ3n) is 5.64. The van der Waals surface area contributed by atoms with Crippen molar-refractivity contribution in [2.75, 3.05) is 52.4 Å². The van der Waals surface area contributed by atoms with Crippen LogP contribution < -0.4 is 0 Å². The number of carbonyl (C=O) groups excluding carboxylic acids is 1. The van der Waals surface area contributed by atoms with Gasteiger partial charge in [-0.3, -0.25) is 9.69 Å². The number of piperazine rings is 1. The van der Waals surface area contributed by atoms with Crippen LogP contribution in [-0.4, -0.2) is 73.0 Å². The van der Waals surface area contributed by atoms with Crippen molar-refractivity contribution in [2.24, 2.45) is 11.3 Å². The Bertz CT molecular complexity index is 389. The lowest BCUT2D eigenvalue weighted by atomic mass is 9.91. The minimum absolute atomic E-state index is 0.378. The van der Waals surface area contributed by atoms with Crippen LogP contribution in [0.25, 0.3) is 0 Å². The molecule has 4 nitrogen and oxygen atoms in total. The first kappa shape index (κ1) is 24.4. The normalized spacial score (nSPS) is 20.3. The number of piperidine rings is 1. The summed E-state index contributed by atoms with van der Waals surface area (Å²) < 4.78 is 0. The Balaban J connectivity index is 0.00000176. The molecule has 0 spiro atoms. The second-order valence-corrected chi connectivity index (χ2v) is 9.42. The number of unbranched alkanes of at least 4 members (excludes halogenated alkanes) is 2. The SMILES string of the molecule is CC.CCCCCC(=O)N1CCN(CC2CCN(CC(C)(C)C)CC2)CC1. The van der Waals surface area contributed by atoms with Gasteiger partial charge in [0.05, 0.1) is 0 Å². The lowest BCUT2D eigenvalue weighted by molar-refractivity contribution is -0.133. The summed E-state index contributed by atoms with van der Waals surface area (Å²) in [5.74, 6) is 1.23. The highest BCUT2D eigenvalue weighted by atomic mass is 16.2. The van der Waals surface area contributed by atoms with Crippen LogP contribution in [0.4, 0.5) is 0 Å². The molecule has 0 atom stereocenters. The Morgan fingerprint density at radius 2 is 1.48 bits per heavy atom. The van der Waals surface area contributed by atoms with Crippen LogP contribution in [-0.2, 0) is 4.79 Å². The van der Waals surface area contributed by atoms with Crippen molar-refractivity contribution in [1.82, 2.24) is 14.7 Å². The van der Waals surface area contributed by atoms with Crippen LogP contribution in [0.3, 0.4) is 0 Å². The maximum atomic E-state index is 12.2. The molecule has 2 heterocycles. The van der Waals surface area contributed by atoms with E-state index in [1.54, 1.807) is 0 Å². The highest BCUT2D eigenvalue weighted by molar-refractivity contribution is 5.76. The maximum Gasteiger partial charge on any atom is 0.222 e. The third-order valence-corrected chi connectivity index (χ3v) is 5.64. The quantitative estimate of drug-likeness (QED) is 0.608. The molecule has 2 rings (SSSR count). The van der Waals surface area contributed by atoms with Crippen LogP contribution in [0.5, 0.6) is 0 Å². The summed E-state index contributed by atoms with van der Waals surface area (Å²) in [6, 6.07) is 0. The summed E-state index contributed by atoms with van der Waals surface area (Å²) in [6.07, 6.45) is 6.86. The van der Waals surface area contributed by atoms with E-state index in [4.69, 9.17) is 0 Å². The number of nitrogens with zero attached hydrogens (tertiary/aromatic N) is 3. The monoisotopic (exact) mass is 381 g/mol. The van der Waals surface area contributed by atoms with Gasteiger partial charge in [-0.2, -0.15) is 0 Å². The standard InChI is InChI=1S/C21H41N3O.C2H6/c1-5-6-7-8-20(25)24-15-13-22(14-16-24)17-19-9-11-23(12-10-19)18-21(2,3)4;1-2/h19H,5-18H2,1-4H3;1-2H3. The van der Waals surface area contributed by atoms with Crippen molar-refractivity contribution in [1.29, 1.82) is 0 Å². The Kier molecular flexibility index (Phi) is 11.6. The zero-order valence-corrected chi connectivity index (χ0v) is 19.2. The van der Waals surface area contributed by atoms with Gasteiger partial charge >= 0.3 is 0 Å². The average Bonchev–Trinajstić information content (AvgIpc) is 2.64. The second-order valence-electron chi connectivity index (χ2n) is 9.42. The molecular weight excluding hydrogens is 334 g/mol. The zero-order chi connectivity index (χ0) is 20.3. The molecule has 2 aliphatic heterocycles. The predicted octanol–water partition coefficient (Wildman–Crippen LogP) is 4.50. The van der Waals surface area contributed by atoms with Gasteiger partial charge < -0.3 is 9.80 Å². The van der Waals surface area contributed by atoms with Crippen LogP contribution in [0.15, 0.2) is 0 Å². The lowest BCUT2D eigenvalue weighted by Crippen LogP contribution is -2.50. The minimum atomic E-state index is 0.378. The molecule has 2 aliphatic rings. The number of hydrogen-bond acceptors (Lipinski definition) is 3. The number of rotatable bonds is 7. The molecule has 0 radical (unpaired) electrons. The van der Waals surface area contributed by atoms with Gasteiger partial charge in [-0.1, -0.05) is 54.4 Å². The van der Waals surface area contributed by atoms with Crippen molar-refractivity contribution in [2.45, 2.75) is 80.1 Å². The molecule has 0 aromatic rings. The molecule has 4 heteroatoms. The number of hydrogen-bond donors (Lipinski definition) is 0. The smallest absolute Gasteiger partial charge is 0.222 e. The zero-order valence-electron chi connectivity index (χ0n) is 19.2. The van der Waals surface area contributed by atoms with Crippen LogP contribution in [0.1, 0.15) is 80.1 Å². The molecule has 0 aliphatic carbocycles. The fourth-order valence-corrected chi connectivity index (χ4v) is 4.23. The first-order chi connectivity index (χ1) is 12.9. The van der Waals surface area contributed by atoms with Crippen molar-refractivity contribution in [3.8, 4) is 0 Å². The van der Waals surface area contributed by atoms with Crippen molar-refractivity contribution in [3.63, 3.8) is 0 Å². The maximum absolute atomic E-state index is 12.2. The average molecular weight is 382 g/mol. The van der Waals surface area contributed by atoms with Gasteiger partial charge in [0, 0.05) is 45.7 Å². The van der Waals surface area contributed by atoms with Crippen LogP contribution >= 0.6 is 0 Å².